The summed E-state index contributed by atoms with van der Waals surface area (Å²) in [4.78, 5) is 38.5. The molecule has 7 atom stereocenters. The fraction of sp³-hybridized carbons (Fsp3) is 0.903. The third-order valence-corrected chi connectivity index (χ3v) is 12.6. The second-order valence-corrected chi connectivity index (χ2v) is 15.2. The first-order chi connectivity index (χ1) is 16.0. The standard InChI is InChI=1S/C31H50O4/c1-26(2)12-9-21-22(33)19-24-29(6)13-11-25(34)27(3,4)23(29)10-14-31(24,8)30(21,7)18-17-28(5,16-15-26)35-20-32/h20-21,23-24H,9-19H2,1-8H3/t21?,23-,24+,28-,29-,30+,31+/m0/s1. The number of rotatable bonds is 2. The number of hydrogen-bond donors (Lipinski definition) is 0. The molecule has 0 bridgehead atoms. The topological polar surface area (TPSA) is 60.4 Å². The summed E-state index contributed by atoms with van der Waals surface area (Å²) in [6.07, 6.45) is 9.90. The fourth-order valence-electron chi connectivity index (χ4n) is 9.68. The summed E-state index contributed by atoms with van der Waals surface area (Å²) in [7, 11) is 0. The van der Waals surface area contributed by atoms with Crippen LogP contribution in [0.25, 0.3) is 0 Å². The van der Waals surface area contributed by atoms with Crippen LogP contribution in [0.4, 0.5) is 0 Å². The van der Waals surface area contributed by atoms with Gasteiger partial charge in [-0.05, 0) is 98.2 Å². The van der Waals surface area contributed by atoms with Crippen LogP contribution in [0, 0.1) is 44.8 Å². The van der Waals surface area contributed by atoms with E-state index >= 15 is 0 Å². The Balaban J connectivity index is 1.78. The molecule has 4 heteroatoms. The molecular formula is C31H50O4. The number of ketones is 2. The Morgan fingerprint density at radius 1 is 0.743 bits per heavy atom. The van der Waals surface area contributed by atoms with Crippen molar-refractivity contribution in [1.29, 1.82) is 0 Å². The lowest BCUT2D eigenvalue weighted by Gasteiger charge is -2.69. The Labute approximate surface area is 213 Å². The minimum absolute atomic E-state index is 0.00520. The molecule has 0 saturated heterocycles. The highest BCUT2D eigenvalue weighted by molar-refractivity contribution is 5.86. The Kier molecular flexibility index (Phi) is 6.46. The van der Waals surface area contributed by atoms with E-state index < -0.39 is 5.60 Å². The summed E-state index contributed by atoms with van der Waals surface area (Å²) < 4.78 is 5.76. The number of carbonyl (C=O) groups is 3. The van der Waals surface area contributed by atoms with Crippen LogP contribution in [0.15, 0.2) is 0 Å². The van der Waals surface area contributed by atoms with Crippen molar-refractivity contribution in [3.8, 4) is 0 Å². The number of Topliss-reactive ketones (excluding diaryl/α,β-unsaturated/α-hetero) is 2. The van der Waals surface area contributed by atoms with Gasteiger partial charge in [0.2, 0.25) is 0 Å². The van der Waals surface area contributed by atoms with Gasteiger partial charge in [0.05, 0.1) is 0 Å². The van der Waals surface area contributed by atoms with E-state index in [0.29, 0.717) is 42.7 Å². The van der Waals surface area contributed by atoms with Crippen LogP contribution in [0.2, 0.25) is 0 Å². The second kappa shape index (κ2) is 8.42. The molecule has 1 unspecified atom stereocenters. The predicted molar refractivity (Wildman–Crippen MR) is 139 cm³/mol. The van der Waals surface area contributed by atoms with E-state index in [4.69, 9.17) is 4.74 Å². The van der Waals surface area contributed by atoms with Gasteiger partial charge in [-0.15, -0.1) is 0 Å². The van der Waals surface area contributed by atoms with Crippen LogP contribution in [0.3, 0.4) is 0 Å². The van der Waals surface area contributed by atoms with E-state index in [1.807, 2.05) is 0 Å². The number of hydrogen-bond acceptors (Lipinski definition) is 4. The van der Waals surface area contributed by atoms with E-state index in [2.05, 4.69) is 55.4 Å². The van der Waals surface area contributed by atoms with E-state index in [9.17, 15) is 14.4 Å². The Bertz CT molecular complexity index is 888. The van der Waals surface area contributed by atoms with E-state index in [-0.39, 0.29) is 33.0 Å². The van der Waals surface area contributed by atoms with Crippen LogP contribution < -0.4 is 0 Å². The lowest BCUT2D eigenvalue weighted by molar-refractivity contribution is -0.210. The van der Waals surface area contributed by atoms with E-state index in [1.165, 1.54) is 0 Å². The first-order valence-electron chi connectivity index (χ1n) is 14.2. The van der Waals surface area contributed by atoms with Crippen LogP contribution in [0.1, 0.15) is 126 Å². The van der Waals surface area contributed by atoms with Crippen LogP contribution >= 0.6 is 0 Å². The Morgan fingerprint density at radius 3 is 2.06 bits per heavy atom. The van der Waals surface area contributed by atoms with Gasteiger partial charge in [-0.2, -0.15) is 0 Å². The van der Waals surface area contributed by atoms with Crippen LogP contribution in [0.5, 0.6) is 0 Å². The van der Waals surface area contributed by atoms with Gasteiger partial charge >= 0.3 is 0 Å². The maximum atomic E-state index is 14.1. The average Bonchev–Trinajstić information content (AvgIpc) is 2.76. The van der Waals surface area contributed by atoms with Crippen molar-refractivity contribution in [2.75, 3.05) is 0 Å². The highest BCUT2D eigenvalue weighted by Gasteiger charge is 2.68. The Hall–Kier alpha value is -1.19. The molecule has 4 nitrogen and oxygen atoms in total. The normalized spacial score (nSPS) is 47.6. The van der Waals surface area contributed by atoms with E-state index in [1.54, 1.807) is 0 Å². The molecule has 0 aliphatic heterocycles. The maximum Gasteiger partial charge on any atom is 0.293 e. The zero-order valence-corrected chi connectivity index (χ0v) is 23.7. The third kappa shape index (κ3) is 4.04. The van der Waals surface area contributed by atoms with Gasteiger partial charge < -0.3 is 4.74 Å². The highest BCUT2D eigenvalue weighted by atomic mass is 16.5. The molecule has 0 aromatic carbocycles. The SMILES string of the molecule is CC1(C)CCC2C(=O)C[C@@H]3[C@@]4(C)CCC(=O)C(C)(C)[C@@H]4CC[C@@]3(C)[C@]2(C)CC[C@@](C)(OC=O)CC1. The summed E-state index contributed by atoms with van der Waals surface area (Å²) >= 11 is 0. The first-order valence-corrected chi connectivity index (χ1v) is 14.2. The molecule has 0 radical (unpaired) electrons. The van der Waals surface area contributed by atoms with Gasteiger partial charge in [-0.1, -0.05) is 48.5 Å². The zero-order valence-electron chi connectivity index (χ0n) is 23.7. The molecule has 0 spiro atoms. The maximum absolute atomic E-state index is 14.1. The summed E-state index contributed by atoms with van der Waals surface area (Å²) in [6.45, 7) is 18.9. The van der Waals surface area contributed by atoms with Crippen molar-refractivity contribution < 1.29 is 19.1 Å². The van der Waals surface area contributed by atoms with Crippen LogP contribution in [-0.2, 0) is 19.1 Å². The summed E-state index contributed by atoms with van der Waals surface area (Å²) in [6, 6.07) is 0. The molecule has 0 aromatic heterocycles. The van der Waals surface area contributed by atoms with E-state index in [0.717, 1.165) is 57.8 Å². The predicted octanol–water partition coefficient (Wildman–Crippen LogP) is 7.32. The summed E-state index contributed by atoms with van der Waals surface area (Å²) in [5.74, 6) is 1.53. The largest absolute Gasteiger partial charge is 0.462 e. The van der Waals surface area contributed by atoms with Crippen molar-refractivity contribution in [2.45, 2.75) is 132 Å². The smallest absolute Gasteiger partial charge is 0.293 e. The lowest BCUT2D eigenvalue weighted by atomic mass is 9.34. The number of carbonyl (C=O) groups excluding carboxylic acids is 3. The quantitative estimate of drug-likeness (QED) is 0.384. The van der Waals surface area contributed by atoms with Gasteiger partial charge in [0.1, 0.15) is 17.2 Å². The van der Waals surface area contributed by atoms with Gasteiger partial charge in [0.25, 0.3) is 6.47 Å². The van der Waals surface area contributed by atoms with Crippen molar-refractivity contribution in [2.24, 2.45) is 44.8 Å². The zero-order chi connectivity index (χ0) is 26.1. The fourth-order valence-corrected chi connectivity index (χ4v) is 9.68. The summed E-state index contributed by atoms with van der Waals surface area (Å²) in [5, 5.41) is 0. The molecule has 4 aliphatic carbocycles. The average molecular weight is 487 g/mol. The van der Waals surface area contributed by atoms with Crippen molar-refractivity contribution >= 4 is 18.0 Å². The molecule has 35 heavy (non-hydrogen) atoms. The molecule has 4 aliphatic rings. The third-order valence-electron chi connectivity index (χ3n) is 12.6. The molecule has 0 heterocycles. The van der Waals surface area contributed by atoms with Crippen molar-refractivity contribution in [3.05, 3.63) is 0 Å². The minimum Gasteiger partial charge on any atom is -0.462 e. The van der Waals surface area contributed by atoms with Gasteiger partial charge in [-0.3, -0.25) is 14.4 Å². The molecule has 0 N–H and O–H groups in total. The van der Waals surface area contributed by atoms with Gasteiger partial charge in [-0.25, -0.2) is 0 Å². The molecular weight excluding hydrogens is 436 g/mol. The summed E-state index contributed by atoms with van der Waals surface area (Å²) in [5.41, 5.74) is -0.804. The second-order valence-electron chi connectivity index (χ2n) is 15.2. The number of ether oxygens (including phenoxy) is 1. The lowest BCUT2D eigenvalue weighted by Crippen LogP contribution is -2.65. The van der Waals surface area contributed by atoms with Gasteiger partial charge in [0.15, 0.2) is 0 Å². The molecule has 0 amide bonds. The molecule has 4 saturated carbocycles. The number of fused-ring (bicyclic) bond motifs is 5. The van der Waals surface area contributed by atoms with Gasteiger partial charge in [0, 0.05) is 24.2 Å². The minimum atomic E-state index is -0.489. The van der Waals surface area contributed by atoms with Crippen LogP contribution in [-0.4, -0.2) is 23.6 Å². The van der Waals surface area contributed by atoms with Crippen molar-refractivity contribution in [3.63, 3.8) is 0 Å². The molecule has 0 aromatic rings. The van der Waals surface area contributed by atoms with Crippen molar-refractivity contribution in [1.82, 2.24) is 0 Å². The molecule has 4 rings (SSSR count). The molecule has 4 fully saturated rings. The Morgan fingerprint density at radius 2 is 1.40 bits per heavy atom. The molecule has 198 valence electrons. The first kappa shape index (κ1) is 26.9. The highest BCUT2D eigenvalue weighted by Crippen LogP contribution is 2.72. The monoisotopic (exact) mass is 486 g/mol.